The minimum atomic E-state index is -0.409. The van der Waals surface area contributed by atoms with E-state index in [-0.39, 0.29) is 17.4 Å². The van der Waals surface area contributed by atoms with Crippen LogP contribution in [0.2, 0.25) is 0 Å². The van der Waals surface area contributed by atoms with Crippen LogP contribution in [-0.2, 0) is 14.4 Å². The molecule has 27 heavy (non-hydrogen) atoms. The fourth-order valence-electron chi connectivity index (χ4n) is 1.97. The van der Waals surface area contributed by atoms with Crippen molar-refractivity contribution in [1.29, 1.82) is 0 Å². The Kier molecular flexibility index (Phi) is 6.42. The second-order valence-corrected chi connectivity index (χ2v) is 8.33. The van der Waals surface area contributed by atoms with Crippen LogP contribution in [0, 0.1) is 0 Å². The van der Waals surface area contributed by atoms with E-state index in [9.17, 15) is 14.4 Å². The van der Waals surface area contributed by atoms with Crippen LogP contribution in [0.1, 0.15) is 6.92 Å². The van der Waals surface area contributed by atoms with Gasteiger partial charge in [-0.15, -0.1) is 10.2 Å². The minimum Gasteiger partial charge on any atom is -0.333 e. The largest absolute Gasteiger partial charge is 0.333 e. The molecule has 3 N–H and O–H groups in total. The summed E-state index contributed by atoms with van der Waals surface area (Å²) in [6, 6.07) is 7.63. The number of nitrogens with one attached hydrogen (secondary N) is 3. The number of imidazole rings is 1. The predicted molar refractivity (Wildman–Crippen MR) is 105 cm³/mol. The van der Waals surface area contributed by atoms with Crippen LogP contribution in [0.5, 0.6) is 0 Å². The molecule has 3 aromatic rings. The Hall–Kier alpha value is -2.44. The third kappa shape index (κ3) is 5.77. The number of carbonyl (C=O) groups excluding carboxylic acids is 3. The van der Waals surface area contributed by atoms with Gasteiger partial charge in [-0.3, -0.25) is 25.0 Å². The average Bonchev–Trinajstić information content (AvgIpc) is 3.23. The second kappa shape index (κ2) is 8.97. The monoisotopic (exact) mass is 422 g/mol. The van der Waals surface area contributed by atoms with E-state index >= 15 is 0 Å². The lowest BCUT2D eigenvalue weighted by molar-refractivity contribution is -0.127. The number of rotatable bonds is 7. The van der Waals surface area contributed by atoms with E-state index in [1.165, 1.54) is 18.7 Å². The first kappa shape index (κ1) is 19.3. The van der Waals surface area contributed by atoms with E-state index in [2.05, 4.69) is 30.8 Å². The molecule has 0 saturated carbocycles. The van der Waals surface area contributed by atoms with Gasteiger partial charge in [-0.05, 0) is 12.1 Å². The molecule has 9 nitrogen and oxygen atoms in total. The zero-order valence-corrected chi connectivity index (χ0v) is 16.5. The van der Waals surface area contributed by atoms with Gasteiger partial charge < -0.3 is 4.98 Å². The van der Waals surface area contributed by atoms with E-state index in [0.717, 1.165) is 34.1 Å². The standard InChI is InChI=1S/C15H14N6O3S3/c1-8(22)16-11(23)7-26-15-21-20-14(27-15)19-12(24)6-25-13-17-9-4-2-3-5-10(9)18-13/h2-5H,6-7H2,1H3,(H,17,18)(H,16,22,23)(H,19,20,24). The van der Waals surface area contributed by atoms with Crippen molar-refractivity contribution in [3.63, 3.8) is 0 Å². The number of anilines is 1. The highest BCUT2D eigenvalue weighted by molar-refractivity contribution is 8.01. The molecule has 0 bridgehead atoms. The van der Waals surface area contributed by atoms with E-state index in [1.54, 1.807) is 0 Å². The molecule has 0 atom stereocenters. The van der Waals surface area contributed by atoms with Crippen molar-refractivity contribution in [2.75, 3.05) is 16.8 Å². The van der Waals surface area contributed by atoms with Crippen molar-refractivity contribution < 1.29 is 14.4 Å². The summed E-state index contributed by atoms with van der Waals surface area (Å²) in [6.45, 7) is 1.27. The molecule has 12 heteroatoms. The normalized spacial score (nSPS) is 10.7. The number of imide groups is 1. The molecule has 0 unspecified atom stereocenters. The van der Waals surface area contributed by atoms with Gasteiger partial charge in [0.15, 0.2) is 9.50 Å². The Bertz CT molecular complexity index is 953. The molecule has 3 amide bonds. The molecule has 0 aliphatic carbocycles. The molecule has 1 aromatic carbocycles. The van der Waals surface area contributed by atoms with Crippen molar-refractivity contribution >= 4 is 68.7 Å². The smallest absolute Gasteiger partial charge is 0.236 e. The van der Waals surface area contributed by atoms with Crippen LogP contribution in [0.3, 0.4) is 0 Å². The van der Waals surface area contributed by atoms with Crippen LogP contribution in [0.4, 0.5) is 5.13 Å². The number of aromatic amines is 1. The van der Waals surface area contributed by atoms with Crippen LogP contribution in [0.25, 0.3) is 11.0 Å². The topological polar surface area (TPSA) is 130 Å². The van der Waals surface area contributed by atoms with Crippen molar-refractivity contribution in [2.24, 2.45) is 0 Å². The highest BCUT2D eigenvalue weighted by atomic mass is 32.2. The van der Waals surface area contributed by atoms with Gasteiger partial charge in [0.1, 0.15) is 0 Å². The van der Waals surface area contributed by atoms with Crippen molar-refractivity contribution in [3.8, 4) is 0 Å². The van der Waals surface area contributed by atoms with Gasteiger partial charge in [0.25, 0.3) is 0 Å². The van der Waals surface area contributed by atoms with Gasteiger partial charge in [-0.25, -0.2) is 4.98 Å². The van der Waals surface area contributed by atoms with Gasteiger partial charge in [0, 0.05) is 6.92 Å². The van der Waals surface area contributed by atoms with E-state index in [4.69, 9.17) is 0 Å². The first-order valence-electron chi connectivity index (χ1n) is 7.64. The van der Waals surface area contributed by atoms with Gasteiger partial charge in [-0.1, -0.05) is 47.0 Å². The first-order chi connectivity index (χ1) is 13.0. The zero-order valence-electron chi connectivity index (χ0n) is 14.0. The molecule has 0 saturated heterocycles. The summed E-state index contributed by atoms with van der Waals surface area (Å²) in [4.78, 5) is 41.8. The maximum absolute atomic E-state index is 12.1. The lowest BCUT2D eigenvalue weighted by Gasteiger charge is -1.99. The molecule has 0 radical (unpaired) electrons. The molecule has 2 aromatic heterocycles. The SMILES string of the molecule is CC(=O)NC(=O)CSc1nnc(NC(=O)CSc2nc3ccccc3[nH]2)s1. The summed E-state index contributed by atoms with van der Waals surface area (Å²) >= 11 is 3.59. The van der Waals surface area contributed by atoms with E-state index in [0.29, 0.717) is 14.6 Å². The van der Waals surface area contributed by atoms with E-state index in [1.807, 2.05) is 24.3 Å². The maximum atomic E-state index is 12.1. The Morgan fingerprint density at radius 1 is 1.11 bits per heavy atom. The number of benzene rings is 1. The van der Waals surface area contributed by atoms with Gasteiger partial charge >= 0.3 is 0 Å². The summed E-state index contributed by atoms with van der Waals surface area (Å²) in [5.74, 6) is -0.835. The third-order valence-electron chi connectivity index (χ3n) is 3.00. The van der Waals surface area contributed by atoms with Crippen LogP contribution in [0.15, 0.2) is 33.8 Å². The maximum Gasteiger partial charge on any atom is 0.236 e. The number of hydrogen-bond donors (Lipinski definition) is 3. The lowest BCUT2D eigenvalue weighted by Crippen LogP contribution is -2.29. The van der Waals surface area contributed by atoms with Crippen molar-refractivity contribution in [1.82, 2.24) is 25.5 Å². The highest BCUT2D eigenvalue weighted by Crippen LogP contribution is 2.25. The molecule has 140 valence electrons. The molecule has 0 aliphatic heterocycles. The molecule has 0 fully saturated rings. The third-order valence-corrected chi connectivity index (χ3v) is 5.85. The average molecular weight is 423 g/mol. The molecular formula is C15H14N6O3S3. The molecule has 3 rings (SSSR count). The highest BCUT2D eigenvalue weighted by Gasteiger charge is 2.12. The van der Waals surface area contributed by atoms with Crippen LogP contribution < -0.4 is 10.6 Å². The number of fused-ring (bicyclic) bond motifs is 1. The zero-order chi connectivity index (χ0) is 19.2. The van der Waals surface area contributed by atoms with Gasteiger partial charge in [0.2, 0.25) is 22.9 Å². The summed E-state index contributed by atoms with van der Waals surface area (Å²) in [6.07, 6.45) is 0. The number of amides is 3. The van der Waals surface area contributed by atoms with Gasteiger partial charge in [-0.2, -0.15) is 0 Å². The van der Waals surface area contributed by atoms with Crippen LogP contribution in [-0.4, -0.2) is 49.4 Å². The number of H-pyrrole nitrogens is 1. The fourth-order valence-corrected chi connectivity index (χ4v) is 4.22. The Morgan fingerprint density at radius 3 is 2.67 bits per heavy atom. The summed E-state index contributed by atoms with van der Waals surface area (Å²) in [5, 5.41) is 13.6. The number of carbonyl (C=O) groups is 3. The number of para-hydroxylation sites is 2. The number of nitrogens with zero attached hydrogens (tertiary/aromatic N) is 3. The first-order valence-corrected chi connectivity index (χ1v) is 10.4. The quantitative estimate of drug-likeness (QED) is 0.389. The van der Waals surface area contributed by atoms with Crippen molar-refractivity contribution in [2.45, 2.75) is 16.4 Å². The number of hydrogen-bond acceptors (Lipinski definition) is 9. The summed E-state index contributed by atoms with van der Waals surface area (Å²) in [5.41, 5.74) is 1.76. The number of aromatic nitrogens is 4. The van der Waals surface area contributed by atoms with Gasteiger partial charge in [0.05, 0.1) is 22.5 Å². The molecular weight excluding hydrogens is 408 g/mol. The predicted octanol–water partition coefficient (Wildman–Crippen LogP) is 1.90. The van der Waals surface area contributed by atoms with E-state index < -0.39 is 11.8 Å². The summed E-state index contributed by atoms with van der Waals surface area (Å²) in [7, 11) is 0. The molecule has 0 spiro atoms. The second-order valence-electron chi connectivity index (χ2n) is 5.16. The van der Waals surface area contributed by atoms with Crippen LogP contribution >= 0.6 is 34.9 Å². The molecule has 2 heterocycles. The number of thioether (sulfide) groups is 2. The fraction of sp³-hybridized carbons (Fsp3) is 0.200. The Labute approximate surface area is 166 Å². The Morgan fingerprint density at radius 2 is 1.89 bits per heavy atom. The molecule has 0 aliphatic rings. The summed E-state index contributed by atoms with van der Waals surface area (Å²) < 4.78 is 0.522. The van der Waals surface area contributed by atoms with Crippen molar-refractivity contribution in [3.05, 3.63) is 24.3 Å². The lowest BCUT2D eigenvalue weighted by atomic mass is 10.3. The minimum absolute atomic E-state index is 0.0457. The Balaban J connectivity index is 1.46.